The van der Waals surface area contributed by atoms with Gasteiger partial charge in [0.05, 0.1) is 16.7 Å². The first-order valence-corrected chi connectivity index (χ1v) is 6.35. The number of ether oxygens (including phenoxy) is 1. The van der Waals surface area contributed by atoms with E-state index < -0.39 is 0 Å². The van der Waals surface area contributed by atoms with E-state index in [0.717, 1.165) is 25.1 Å². The maximum absolute atomic E-state index is 6.06. The van der Waals surface area contributed by atoms with Crippen LogP contribution in [0.25, 0.3) is 0 Å². The molecule has 1 aliphatic heterocycles. The van der Waals surface area contributed by atoms with Crippen LogP contribution in [0.4, 0.5) is 0 Å². The van der Waals surface area contributed by atoms with Crippen LogP contribution in [0, 0.1) is 0 Å². The minimum Gasteiger partial charge on any atom is -0.365 e. The molecular weight excluding hydrogens is 257 g/mol. The van der Waals surface area contributed by atoms with E-state index >= 15 is 0 Å². The molecule has 4 heteroatoms. The molecule has 0 amide bonds. The van der Waals surface area contributed by atoms with Gasteiger partial charge in [0.1, 0.15) is 5.60 Å². The van der Waals surface area contributed by atoms with E-state index in [1.165, 1.54) is 0 Å². The summed E-state index contributed by atoms with van der Waals surface area (Å²) in [6.07, 6.45) is 2.69. The van der Waals surface area contributed by atoms with Crippen LogP contribution in [0.15, 0.2) is 30.9 Å². The van der Waals surface area contributed by atoms with E-state index in [1.807, 2.05) is 18.2 Å². The molecule has 2 nitrogen and oxygen atoms in total. The van der Waals surface area contributed by atoms with Crippen molar-refractivity contribution in [2.45, 2.75) is 12.0 Å². The molecule has 2 rings (SSSR count). The molecule has 0 aliphatic carbocycles. The quantitative estimate of drug-likeness (QED) is 0.848. The lowest BCUT2D eigenvalue weighted by Gasteiger charge is -2.29. The van der Waals surface area contributed by atoms with Gasteiger partial charge in [0.2, 0.25) is 0 Å². The first-order chi connectivity index (χ1) is 8.18. The zero-order chi connectivity index (χ0) is 12.3. The molecule has 1 fully saturated rings. The molecule has 0 bridgehead atoms. The molecule has 0 aromatic heterocycles. The van der Waals surface area contributed by atoms with Crippen molar-refractivity contribution in [3.63, 3.8) is 0 Å². The predicted molar refractivity (Wildman–Crippen MR) is 71.8 cm³/mol. The number of benzene rings is 1. The first-order valence-electron chi connectivity index (χ1n) is 5.59. The molecule has 1 saturated heterocycles. The largest absolute Gasteiger partial charge is 0.365 e. The summed E-state index contributed by atoms with van der Waals surface area (Å²) >= 11 is 12.0. The van der Waals surface area contributed by atoms with Gasteiger partial charge in [-0.25, -0.2) is 0 Å². The maximum Gasteiger partial charge on any atom is 0.107 e. The zero-order valence-corrected chi connectivity index (χ0v) is 11.0. The van der Waals surface area contributed by atoms with Crippen molar-refractivity contribution in [1.29, 1.82) is 0 Å². The van der Waals surface area contributed by atoms with Crippen LogP contribution < -0.4 is 5.32 Å². The van der Waals surface area contributed by atoms with Gasteiger partial charge in [-0.05, 0) is 30.7 Å². The smallest absolute Gasteiger partial charge is 0.107 e. The molecule has 1 unspecified atom stereocenters. The van der Waals surface area contributed by atoms with E-state index in [-0.39, 0.29) is 5.60 Å². The molecule has 1 aromatic rings. The minimum absolute atomic E-state index is 0.303. The fraction of sp³-hybridized carbons (Fsp3) is 0.385. The Morgan fingerprint density at radius 1 is 1.41 bits per heavy atom. The second kappa shape index (κ2) is 5.40. The highest BCUT2D eigenvalue weighted by Gasteiger charge is 2.36. The summed E-state index contributed by atoms with van der Waals surface area (Å²) in [5.41, 5.74) is 0.765. The minimum atomic E-state index is -0.303. The summed E-state index contributed by atoms with van der Waals surface area (Å²) in [5, 5.41) is 4.46. The van der Waals surface area contributed by atoms with E-state index in [9.17, 15) is 0 Å². The molecular formula is C13H15Cl2NO. The third-order valence-corrected chi connectivity index (χ3v) is 3.78. The standard InChI is InChI=1S/C13H15Cl2NO/c1-2-7-17-13(5-6-16-9-13)10-3-4-11(14)12(15)8-10/h2-4,8,16H,1,5-7,9H2. The zero-order valence-electron chi connectivity index (χ0n) is 9.51. The molecule has 17 heavy (non-hydrogen) atoms. The Balaban J connectivity index is 2.31. The van der Waals surface area contributed by atoms with Gasteiger partial charge in [0, 0.05) is 6.54 Å². The summed E-state index contributed by atoms with van der Waals surface area (Å²) in [4.78, 5) is 0. The van der Waals surface area contributed by atoms with Crippen LogP contribution in [0.1, 0.15) is 12.0 Å². The summed E-state index contributed by atoms with van der Waals surface area (Å²) in [6.45, 7) is 5.95. The predicted octanol–water partition coefficient (Wildman–Crippen LogP) is 3.38. The van der Waals surface area contributed by atoms with Crippen LogP contribution in [0.3, 0.4) is 0 Å². The Labute approximate surface area is 112 Å². The monoisotopic (exact) mass is 271 g/mol. The fourth-order valence-electron chi connectivity index (χ4n) is 2.12. The lowest BCUT2D eigenvalue weighted by atomic mass is 9.92. The van der Waals surface area contributed by atoms with Gasteiger partial charge < -0.3 is 10.1 Å². The van der Waals surface area contributed by atoms with Gasteiger partial charge in [-0.1, -0.05) is 35.3 Å². The lowest BCUT2D eigenvalue weighted by molar-refractivity contribution is -0.0193. The van der Waals surface area contributed by atoms with Crippen molar-refractivity contribution in [3.05, 3.63) is 46.5 Å². The average Bonchev–Trinajstić information content (AvgIpc) is 2.80. The second-order valence-electron chi connectivity index (χ2n) is 4.15. The molecule has 0 saturated carbocycles. The molecule has 0 radical (unpaired) electrons. The van der Waals surface area contributed by atoms with E-state index in [1.54, 1.807) is 6.08 Å². The Hall–Kier alpha value is -0.540. The maximum atomic E-state index is 6.06. The van der Waals surface area contributed by atoms with Crippen molar-refractivity contribution in [2.24, 2.45) is 0 Å². The lowest BCUT2D eigenvalue weighted by Crippen LogP contribution is -2.32. The number of hydrogen-bond acceptors (Lipinski definition) is 2. The van der Waals surface area contributed by atoms with E-state index in [4.69, 9.17) is 27.9 Å². The highest BCUT2D eigenvalue weighted by Crippen LogP contribution is 2.35. The van der Waals surface area contributed by atoms with Crippen molar-refractivity contribution in [3.8, 4) is 0 Å². The fourth-order valence-corrected chi connectivity index (χ4v) is 2.42. The molecule has 1 heterocycles. The van der Waals surface area contributed by atoms with Gasteiger partial charge in [-0.3, -0.25) is 0 Å². The van der Waals surface area contributed by atoms with Crippen LogP contribution in [0.5, 0.6) is 0 Å². The van der Waals surface area contributed by atoms with Gasteiger partial charge in [-0.15, -0.1) is 6.58 Å². The third-order valence-electron chi connectivity index (χ3n) is 3.04. The van der Waals surface area contributed by atoms with Gasteiger partial charge in [-0.2, -0.15) is 0 Å². The number of rotatable bonds is 4. The first kappa shape index (κ1) is 12.9. The molecule has 92 valence electrons. The van der Waals surface area contributed by atoms with Gasteiger partial charge in [0.15, 0.2) is 0 Å². The summed E-state index contributed by atoms with van der Waals surface area (Å²) in [7, 11) is 0. The molecule has 1 atom stereocenters. The number of hydrogen-bond donors (Lipinski definition) is 1. The Morgan fingerprint density at radius 3 is 2.82 bits per heavy atom. The summed E-state index contributed by atoms with van der Waals surface area (Å²) in [6, 6.07) is 5.68. The summed E-state index contributed by atoms with van der Waals surface area (Å²) in [5.74, 6) is 0. The molecule has 1 aromatic carbocycles. The highest BCUT2D eigenvalue weighted by atomic mass is 35.5. The summed E-state index contributed by atoms with van der Waals surface area (Å²) < 4.78 is 5.94. The van der Waals surface area contributed by atoms with Crippen LogP contribution >= 0.6 is 23.2 Å². The van der Waals surface area contributed by atoms with E-state index in [2.05, 4.69) is 11.9 Å². The molecule has 1 N–H and O–H groups in total. The van der Waals surface area contributed by atoms with Crippen molar-refractivity contribution in [1.82, 2.24) is 5.32 Å². The van der Waals surface area contributed by atoms with Crippen LogP contribution in [-0.4, -0.2) is 19.7 Å². The van der Waals surface area contributed by atoms with Crippen molar-refractivity contribution >= 4 is 23.2 Å². The van der Waals surface area contributed by atoms with Gasteiger partial charge in [0.25, 0.3) is 0 Å². The average molecular weight is 272 g/mol. The van der Waals surface area contributed by atoms with Crippen molar-refractivity contribution < 1.29 is 4.74 Å². The number of nitrogens with one attached hydrogen (secondary N) is 1. The van der Waals surface area contributed by atoms with Crippen molar-refractivity contribution in [2.75, 3.05) is 19.7 Å². The topological polar surface area (TPSA) is 21.3 Å². The Kier molecular flexibility index (Phi) is 4.10. The van der Waals surface area contributed by atoms with Crippen LogP contribution in [-0.2, 0) is 10.3 Å². The Morgan fingerprint density at radius 2 is 2.24 bits per heavy atom. The second-order valence-corrected chi connectivity index (χ2v) is 4.96. The molecule has 0 spiro atoms. The highest BCUT2D eigenvalue weighted by molar-refractivity contribution is 6.42. The normalized spacial score (nSPS) is 23.9. The molecule has 1 aliphatic rings. The third kappa shape index (κ3) is 2.66. The Bertz CT molecular complexity index is 414. The van der Waals surface area contributed by atoms with Crippen LogP contribution in [0.2, 0.25) is 10.0 Å². The van der Waals surface area contributed by atoms with Gasteiger partial charge >= 0.3 is 0 Å². The number of halogens is 2. The van der Waals surface area contributed by atoms with E-state index in [0.29, 0.717) is 16.7 Å². The SMILES string of the molecule is C=CCOC1(c2ccc(Cl)c(Cl)c2)CCNC1.